The van der Waals surface area contributed by atoms with Gasteiger partial charge >= 0.3 is 0 Å². The van der Waals surface area contributed by atoms with Crippen molar-refractivity contribution in [2.24, 2.45) is 11.1 Å². The Morgan fingerprint density at radius 3 is 2.62 bits per heavy atom. The summed E-state index contributed by atoms with van der Waals surface area (Å²) < 4.78 is 0. The number of hydrogen-bond acceptors (Lipinski definition) is 2. The van der Waals surface area contributed by atoms with E-state index in [0.717, 1.165) is 12.8 Å². The molecule has 1 radical (unpaired) electrons. The molecule has 1 N–H and O–H groups in total. The van der Waals surface area contributed by atoms with E-state index >= 15 is 0 Å². The normalized spacial score (nSPS) is 11.4. The van der Waals surface area contributed by atoms with Crippen molar-refractivity contribution < 1.29 is 5.21 Å². The van der Waals surface area contributed by atoms with Crippen molar-refractivity contribution in [3.05, 3.63) is 6.92 Å². The largest absolute Gasteiger partial charge is 0.411 e. The second-order valence-corrected chi connectivity index (χ2v) is 1.72. The third kappa shape index (κ3) is 2.61. The second-order valence-electron chi connectivity index (χ2n) is 1.72. The van der Waals surface area contributed by atoms with Gasteiger partial charge in [-0.05, 0) is 18.8 Å². The summed E-state index contributed by atoms with van der Waals surface area (Å²) in [6.45, 7) is 5.71. The molecule has 0 spiro atoms. The Hall–Kier alpha value is -0.530. The van der Waals surface area contributed by atoms with Gasteiger partial charge in [0.05, 0.1) is 0 Å². The molecule has 0 aliphatic carbocycles. The molecule has 1 unspecified atom stereocenters. The molecule has 0 aliphatic rings. The van der Waals surface area contributed by atoms with Crippen molar-refractivity contribution in [2.75, 3.05) is 0 Å². The fourth-order valence-corrected chi connectivity index (χ4v) is 0.478. The third-order valence-electron chi connectivity index (χ3n) is 1.17. The minimum absolute atomic E-state index is 0.347. The van der Waals surface area contributed by atoms with Gasteiger partial charge in [-0.2, -0.15) is 0 Å². The van der Waals surface area contributed by atoms with Gasteiger partial charge in [0.2, 0.25) is 0 Å². The van der Waals surface area contributed by atoms with E-state index < -0.39 is 0 Å². The predicted octanol–water partition coefficient (Wildman–Crippen LogP) is 1.70. The van der Waals surface area contributed by atoms with Gasteiger partial charge in [0.1, 0.15) is 0 Å². The highest BCUT2D eigenvalue weighted by Gasteiger charge is 1.96. The van der Waals surface area contributed by atoms with Crippen LogP contribution < -0.4 is 0 Å². The van der Waals surface area contributed by atoms with E-state index in [2.05, 4.69) is 12.1 Å². The average molecular weight is 114 g/mol. The second kappa shape index (κ2) is 4.62. The maximum absolute atomic E-state index is 8.04. The lowest BCUT2D eigenvalue weighted by atomic mass is 10.1. The molecule has 0 saturated carbocycles. The van der Waals surface area contributed by atoms with Crippen LogP contribution in [0.25, 0.3) is 0 Å². The smallest absolute Gasteiger partial charge is 0.0466 e. The zero-order valence-electron chi connectivity index (χ0n) is 5.17. The Morgan fingerprint density at radius 2 is 2.50 bits per heavy atom. The van der Waals surface area contributed by atoms with Gasteiger partial charge in [-0.15, -0.1) is 5.16 Å². The predicted molar refractivity (Wildman–Crippen MR) is 34.0 cm³/mol. The molecule has 0 aromatic heterocycles. The first-order chi connectivity index (χ1) is 3.85. The molecule has 0 rings (SSSR count). The van der Waals surface area contributed by atoms with E-state index in [4.69, 9.17) is 5.21 Å². The summed E-state index contributed by atoms with van der Waals surface area (Å²) in [7, 11) is 0. The number of rotatable bonds is 3. The summed E-state index contributed by atoms with van der Waals surface area (Å²) >= 11 is 0. The Labute approximate surface area is 50.2 Å². The highest BCUT2D eigenvalue weighted by molar-refractivity contribution is 5.59. The van der Waals surface area contributed by atoms with Crippen LogP contribution in [0.5, 0.6) is 0 Å². The number of nitrogens with zero attached hydrogens (tertiary/aromatic N) is 1. The molecule has 2 nitrogen and oxygen atoms in total. The van der Waals surface area contributed by atoms with Gasteiger partial charge in [-0.3, -0.25) is 0 Å². The minimum Gasteiger partial charge on any atom is -0.411 e. The highest BCUT2D eigenvalue weighted by Crippen LogP contribution is 2.01. The van der Waals surface area contributed by atoms with Crippen molar-refractivity contribution in [1.29, 1.82) is 0 Å². The lowest BCUT2D eigenvalue weighted by molar-refractivity contribution is 0.318. The molecule has 0 aliphatic heterocycles. The Kier molecular flexibility index (Phi) is 4.32. The van der Waals surface area contributed by atoms with Crippen molar-refractivity contribution in [3.8, 4) is 0 Å². The highest BCUT2D eigenvalue weighted by atomic mass is 16.4. The van der Waals surface area contributed by atoms with Gasteiger partial charge in [0.15, 0.2) is 0 Å². The molecular formula is C6H12NO. The minimum atomic E-state index is 0.347. The zero-order valence-corrected chi connectivity index (χ0v) is 5.17. The molecule has 0 bridgehead atoms. The molecule has 47 valence electrons. The Morgan fingerprint density at radius 1 is 1.88 bits per heavy atom. The maximum Gasteiger partial charge on any atom is 0.0466 e. The van der Waals surface area contributed by atoms with Crippen LogP contribution in [0.4, 0.5) is 0 Å². The molecule has 0 fully saturated rings. The molecule has 0 aromatic carbocycles. The van der Waals surface area contributed by atoms with Crippen LogP contribution in [0.2, 0.25) is 0 Å². The topological polar surface area (TPSA) is 32.6 Å². The van der Waals surface area contributed by atoms with E-state index in [0.29, 0.717) is 5.92 Å². The van der Waals surface area contributed by atoms with Crippen molar-refractivity contribution >= 4 is 6.21 Å². The summed E-state index contributed by atoms with van der Waals surface area (Å²) in [4.78, 5) is 0. The van der Waals surface area contributed by atoms with E-state index in [1.54, 1.807) is 0 Å². The molecule has 2 heteroatoms. The van der Waals surface area contributed by atoms with Gasteiger partial charge < -0.3 is 5.21 Å². The first-order valence-electron chi connectivity index (χ1n) is 2.82. The van der Waals surface area contributed by atoms with Gasteiger partial charge in [0, 0.05) is 6.21 Å². The van der Waals surface area contributed by atoms with E-state index in [1.165, 1.54) is 6.21 Å². The van der Waals surface area contributed by atoms with Crippen LogP contribution >= 0.6 is 0 Å². The molecule has 0 saturated heterocycles. The first-order valence-corrected chi connectivity index (χ1v) is 2.82. The lowest BCUT2D eigenvalue weighted by Gasteiger charge is -2.00. The van der Waals surface area contributed by atoms with Crippen LogP contribution in [0, 0.1) is 12.8 Å². The Balaban J connectivity index is 3.36. The molecule has 0 amide bonds. The fraction of sp³-hybridized carbons (Fsp3) is 0.667. The van der Waals surface area contributed by atoms with Crippen LogP contribution in [0.1, 0.15) is 19.8 Å². The maximum atomic E-state index is 8.04. The molecule has 0 heterocycles. The van der Waals surface area contributed by atoms with Crippen molar-refractivity contribution in [3.63, 3.8) is 0 Å². The van der Waals surface area contributed by atoms with Gasteiger partial charge in [0.25, 0.3) is 0 Å². The molecule has 0 aromatic rings. The first kappa shape index (κ1) is 7.47. The summed E-state index contributed by atoms with van der Waals surface area (Å²) in [6, 6.07) is 0. The van der Waals surface area contributed by atoms with Crippen LogP contribution in [-0.2, 0) is 0 Å². The SMILES string of the molecule is [CH2]CC(/C=N\O)CC. The van der Waals surface area contributed by atoms with Crippen LogP contribution in [0.3, 0.4) is 0 Å². The average Bonchev–Trinajstić information content (AvgIpc) is 1.83. The van der Waals surface area contributed by atoms with Crippen LogP contribution in [0.15, 0.2) is 5.16 Å². The summed E-state index contributed by atoms with van der Waals surface area (Å²) in [6.07, 6.45) is 3.32. The lowest BCUT2D eigenvalue weighted by Crippen LogP contribution is -1.96. The van der Waals surface area contributed by atoms with Crippen molar-refractivity contribution in [1.82, 2.24) is 0 Å². The van der Waals surface area contributed by atoms with Crippen LogP contribution in [-0.4, -0.2) is 11.4 Å². The van der Waals surface area contributed by atoms with Gasteiger partial charge in [-0.1, -0.05) is 13.8 Å². The number of oxime groups is 1. The van der Waals surface area contributed by atoms with Crippen molar-refractivity contribution in [2.45, 2.75) is 19.8 Å². The molecular weight excluding hydrogens is 102 g/mol. The monoisotopic (exact) mass is 114 g/mol. The Bertz CT molecular complexity index is 66.9. The summed E-state index contributed by atoms with van der Waals surface area (Å²) in [5, 5.41) is 11.0. The summed E-state index contributed by atoms with van der Waals surface area (Å²) in [5.74, 6) is 0.347. The third-order valence-corrected chi connectivity index (χ3v) is 1.17. The standard InChI is InChI=1S/C6H12NO/c1-3-6(4-2)5-7-8/h5-6,8H,1,3-4H2,2H3/b7-5-. The van der Waals surface area contributed by atoms with E-state index in [-0.39, 0.29) is 0 Å². The quantitative estimate of drug-likeness (QED) is 0.338. The summed E-state index contributed by atoms with van der Waals surface area (Å²) in [5.41, 5.74) is 0. The number of hydrogen-bond donors (Lipinski definition) is 1. The van der Waals surface area contributed by atoms with Gasteiger partial charge in [-0.25, -0.2) is 0 Å². The fourth-order valence-electron chi connectivity index (χ4n) is 0.478. The zero-order chi connectivity index (χ0) is 6.41. The molecule has 1 atom stereocenters. The van der Waals surface area contributed by atoms with E-state index in [1.807, 2.05) is 6.92 Å². The molecule has 8 heavy (non-hydrogen) atoms. The van der Waals surface area contributed by atoms with E-state index in [9.17, 15) is 0 Å².